The summed E-state index contributed by atoms with van der Waals surface area (Å²) < 4.78 is 10.3. The Bertz CT molecular complexity index is 863. The van der Waals surface area contributed by atoms with Crippen molar-refractivity contribution in [3.8, 4) is 5.75 Å². The molecular formula is C20H19ClN2O4. The fraction of sp³-hybridized carbons (Fsp3) is 0.250. The van der Waals surface area contributed by atoms with Crippen molar-refractivity contribution in [2.75, 3.05) is 13.7 Å². The summed E-state index contributed by atoms with van der Waals surface area (Å²) in [6.07, 6.45) is 0. The highest BCUT2D eigenvalue weighted by atomic mass is 35.5. The van der Waals surface area contributed by atoms with Crippen molar-refractivity contribution in [1.29, 1.82) is 0 Å². The first kappa shape index (κ1) is 18.9. The van der Waals surface area contributed by atoms with Gasteiger partial charge in [0.05, 0.1) is 19.6 Å². The van der Waals surface area contributed by atoms with Crippen molar-refractivity contribution < 1.29 is 19.1 Å². The standard InChI is InChI=1S/C20H19ClN2O4/c1-3-27-20(25)18-16(12-6-10-15(26-2)11-7-12)17(22-23-18)19(24)13-4-8-14(21)9-5-13/h4-11,16-17,22H,3H2,1-2H3/t16-,17-/m0/s1. The van der Waals surface area contributed by atoms with E-state index >= 15 is 0 Å². The van der Waals surface area contributed by atoms with Gasteiger partial charge in [-0.15, -0.1) is 0 Å². The molecular weight excluding hydrogens is 368 g/mol. The Balaban J connectivity index is 1.95. The van der Waals surface area contributed by atoms with Crippen LogP contribution in [0.2, 0.25) is 5.02 Å². The summed E-state index contributed by atoms with van der Waals surface area (Å²) >= 11 is 5.91. The number of rotatable bonds is 6. The van der Waals surface area contributed by atoms with Crippen LogP contribution in [0.3, 0.4) is 0 Å². The zero-order chi connectivity index (χ0) is 19.4. The second-order valence-corrected chi connectivity index (χ2v) is 6.38. The second-order valence-electron chi connectivity index (χ2n) is 5.95. The maximum atomic E-state index is 13.0. The quantitative estimate of drug-likeness (QED) is 0.609. The Labute approximate surface area is 162 Å². The molecule has 2 aromatic carbocycles. The van der Waals surface area contributed by atoms with Gasteiger partial charge in [0.1, 0.15) is 11.8 Å². The molecule has 6 nitrogen and oxygen atoms in total. The Morgan fingerprint density at radius 2 is 1.78 bits per heavy atom. The van der Waals surface area contributed by atoms with E-state index in [-0.39, 0.29) is 18.1 Å². The molecule has 0 saturated heterocycles. The number of hydrogen-bond acceptors (Lipinski definition) is 6. The van der Waals surface area contributed by atoms with Gasteiger partial charge in [-0.3, -0.25) is 10.2 Å². The lowest BCUT2D eigenvalue weighted by Gasteiger charge is -2.20. The predicted octanol–water partition coefficient (Wildman–Crippen LogP) is 3.21. The summed E-state index contributed by atoms with van der Waals surface area (Å²) in [7, 11) is 1.57. The van der Waals surface area contributed by atoms with Crippen molar-refractivity contribution in [3.05, 3.63) is 64.7 Å². The topological polar surface area (TPSA) is 77.0 Å². The number of benzene rings is 2. The lowest BCUT2D eigenvalue weighted by molar-refractivity contribution is -0.135. The minimum Gasteiger partial charge on any atom is -0.497 e. The van der Waals surface area contributed by atoms with Gasteiger partial charge in [0, 0.05) is 10.6 Å². The highest BCUT2D eigenvalue weighted by molar-refractivity contribution is 6.40. The number of Topliss-reactive ketones (excluding diaryl/α,β-unsaturated/α-hetero) is 1. The molecule has 0 radical (unpaired) electrons. The van der Waals surface area contributed by atoms with E-state index < -0.39 is 17.9 Å². The number of carbonyl (C=O) groups is 2. The average molecular weight is 387 g/mol. The lowest BCUT2D eigenvalue weighted by atomic mass is 9.84. The molecule has 27 heavy (non-hydrogen) atoms. The summed E-state index contributed by atoms with van der Waals surface area (Å²) in [4.78, 5) is 25.4. The Morgan fingerprint density at radius 1 is 1.11 bits per heavy atom. The van der Waals surface area contributed by atoms with Crippen LogP contribution in [0.5, 0.6) is 5.75 Å². The van der Waals surface area contributed by atoms with Crippen molar-refractivity contribution >= 4 is 29.1 Å². The maximum Gasteiger partial charge on any atom is 0.355 e. The number of methoxy groups -OCH3 is 1. The molecule has 0 unspecified atom stereocenters. The number of nitrogens with zero attached hydrogens (tertiary/aromatic N) is 1. The van der Waals surface area contributed by atoms with Gasteiger partial charge in [-0.1, -0.05) is 23.7 Å². The van der Waals surface area contributed by atoms with E-state index in [0.717, 1.165) is 5.56 Å². The third-order valence-electron chi connectivity index (χ3n) is 4.32. The van der Waals surface area contributed by atoms with E-state index in [2.05, 4.69) is 10.5 Å². The van der Waals surface area contributed by atoms with Gasteiger partial charge in [-0.25, -0.2) is 4.79 Å². The first-order chi connectivity index (χ1) is 13.0. The molecule has 0 saturated carbocycles. The van der Waals surface area contributed by atoms with E-state index in [4.69, 9.17) is 21.1 Å². The zero-order valence-corrected chi connectivity index (χ0v) is 15.7. The molecule has 0 amide bonds. The van der Waals surface area contributed by atoms with Crippen LogP contribution < -0.4 is 10.2 Å². The van der Waals surface area contributed by atoms with Gasteiger partial charge in [0.15, 0.2) is 11.5 Å². The maximum absolute atomic E-state index is 13.0. The number of halogens is 1. The molecule has 2 aromatic rings. The first-order valence-corrected chi connectivity index (χ1v) is 8.87. The molecule has 140 valence electrons. The summed E-state index contributed by atoms with van der Waals surface area (Å²) in [5, 5.41) is 4.66. The first-order valence-electron chi connectivity index (χ1n) is 8.49. The average Bonchev–Trinajstić information content (AvgIpc) is 3.13. The fourth-order valence-electron chi connectivity index (χ4n) is 2.98. The van der Waals surface area contributed by atoms with Gasteiger partial charge in [0.25, 0.3) is 0 Å². The van der Waals surface area contributed by atoms with Gasteiger partial charge < -0.3 is 9.47 Å². The molecule has 0 aromatic heterocycles. The highest BCUT2D eigenvalue weighted by Crippen LogP contribution is 2.30. The molecule has 3 rings (SSSR count). The third kappa shape index (κ3) is 3.95. The van der Waals surface area contributed by atoms with Gasteiger partial charge in [-0.2, -0.15) is 5.10 Å². The van der Waals surface area contributed by atoms with Crippen molar-refractivity contribution in [2.45, 2.75) is 18.9 Å². The molecule has 1 N–H and O–H groups in total. The highest BCUT2D eigenvalue weighted by Gasteiger charge is 2.41. The van der Waals surface area contributed by atoms with Crippen LogP contribution in [-0.2, 0) is 9.53 Å². The minimum absolute atomic E-state index is 0.175. The lowest BCUT2D eigenvalue weighted by Crippen LogP contribution is -2.37. The van der Waals surface area contributed by atoms with Gasteiger partial charge in [0.2, 0.25) is 0 Å². The summed E-state index contributed by atoms with van der Waals surface area (Å²) in [6, 6.07) is 13.1. The van der Waals surface area contributed by atoms with Crippen LogP contribution in [0.4, 0.5) is 0 Å². The molecule has 1 aliphatic heterocycles. The molecule has 0 bridgehead atoms. The largest absolute Gasteiger partial charge is 0.497 e. The second kappa shape index (κ2) is 8.22. The van der Waals surface area contributed by atoms with Crippen LogP contribution in [0.1, 0.15) is 28.8 Å². The van der Waals surface area contributed by atoms with Crippen LogP contribution in [0.25, 0.3) is 0 Å². The zero-order valence-electron chi connectivity index (χ0n) is 14.9. The Hall–Kier alpha value is -2.86. The van der Waals surface area contributed by atoms with E-state index in [9.17, 15) is 9.59 Å². The molecule has 7 heteroatoms. The van der Waals surface area contributed by atoms with Crippen molar-refractivity contribution in [3.63, 3.8) is 0 Å². The monoisotopic (exact) mass is 386 g/mol. The van der Waals surface area contributed by atoms with Crippen LogP contribution in [-0.4, -0.2) is 37.2 Å². The van der Waals surface area contributed by atoms with Crippen LogP contribution in [0.15, 0.2) is 53.6 Å². The predicted molar refractivity (Wildman–Crippen MR) is 103 cm³/mol. The number of ether oxygens (including phenoxy) is 2. The number of hydrazone groups is 1. The third-order valence-corrected chi connectivity index (χ3v) is 4.57. The van der Waals surface area contributed by atoms with E-state index in [0.29, 0.717) is 16.3 Å². The summed E-state index contributed by atoms with van der Waals surface area (Å²) in [6.45, 7) is 1.95. The number of ketones is 1. The Morgan fingerprint density at radius 3 is 2.37 bits per heavy atom. The van der Waals surface area contributed by atoms with E-state index in [1.165, 1.54) is 0 Å². The molecule has 1 heterocycles. The minimum atomic E-state index is -0.723. The number of nitrogens with one attached hydrogen (secondary N) is 1. The van der Waals surface area contributed by atoms with E-state index in [1.807, 2.05) is 12.1 Å². The fourth-order valence-corrected chi connectivity index (χ4v) is 3.11. The van der Waals surface area contributed by atoms with Crippen molar-refractivity contribution in [1.82, 2.24) is 5.43 Å². The number of esters is 1. The number of hydrogen-bond donors (Lipinski definition) is 1. The van der Waals surface area contributed by atoms with Crippen molar-refractivity contribution in [2.24, 2.45) is 5.10 Å². The molecule has 2 atom stereocenters. The number of carbonyl (C=O) groups excluding carboxylic acids is 2. The molecule has 0 fully saturated rings. The Kier molecular flexibility index (Phi) is 5.76. The van der Waals surface area contributed by atoms with Gasteiger partial charge >= 0.3 is 5.97 Å². The molecule has 1 aliphatic rings. The normalized spacial score (nSPS) is 18.4. The molecule has 0 spiro atoms. The molecule has 0 aliphatic carbocycles. The van der Waals surface area contributed by atoms with Crippen LogP contribution in [0, 0.1) is 0 Å². The van der Waals surface area contributed by atoms with E-state index in [1.54, 1.807) is 50.4 Å². The van der Waals surface area contributed by atoms with Crippen LogP contribution >= 0.6 is 11.6 Å². The summed E-state index contributed by atoms with van der Waals surface area (Å²) in [5.74, 6) is -0.620. The van der Waals surface area contributed by atoms with Gasteiger partial charge in [-0.05, 0) is 48.9 Å². The summed E-state index contributed by atoms with van der Waals surface area (Å²) in [5.41, 5.74) is 4.23. The SMILES string of the molecule is CCOC(=O)C1=NN[C@H](C(=O)c2ccc(Cl)cc2)[C@@H]1c1ccc(OC)cc1. The smallest absolute Gasteiger partial charge is 0.355 e.